The van der Waals surface area contributed by atoms with Crippen LogP contribution in [0.3, 0.4) is 0 Å². The fraction of sp³-hybridized carbons (Fsp3) is 0.368. The summed E-state index contributed by atoms with van der Waals surface area (Å²) >= 11 is 0. The van der Waals surface area contributed by atoms with Gasteiger partial charge in [-0.1, -0.05) is 31.5 Å². The zero-order valence-electron chi connectivity index (χ0n) is 16.2. The summed E-state index contributed by atoms with van der Waals surface area (Å²) in [7, 11) is -0.0691. The third kappa shape index (κ3) is 5.51. The van der Waals surface area contributed by atoms with E-state index in [4.69, 9.17) is 0 Å². The Kier molecular flexibility index (Phi) is 6.56. The second-order valence-electron chi connectivity index (χ2n) is 6.94. The van der Waals surface area contributed by atoms with E-state index in [0.29, 0.717) is 5.69 Å². The molecule has 0 aliphatic carbocycles. The molecular weight excluding hydrogens is 364 g/mol. The van der Waals surface area contributed by atoms with Crippen molar-refractivity contribution in [3.05, 3.63) is 48.2 Å². The Morgan fingerprint density at radius 3 is 2.19 bits per heavy atom. The molecule has 27 heavy (non-hydrogen) atoms. The van der Waals surface area contributed by atoms with Gasteiger partial charge in [0.25, 0.3) is 0 Å². The fourth-order valence-electron chi connectivity index (χ4n) is 2.39. The summed E-state index contributed by atoms with van der Waals surface area (Å²) in [6, 6.07) is 9.08. The number of amides is 1. The molecule has 2 N–H and O–H groups in total. The molecule has 2 rings (SSSR count). The minimum atomic E-state index is -3.81. The summed E-state index contributed by atoms with van der Waals surface area (Å²) in [5.41, 5.74) is 1.46. The molecule has 1 unspecified atom stereocenters. The molecule has 146 valence electrons. The van der Waals surface area contributed by atoms with Crippen molar-refractivity contribution in [3.63, 3.8) is 0 Å². The maximum absolute atomic E-state index is 12.7. The number of pyridine rings is 1. The van der Waals surface area contributed by atoms with Gasteiger partial charge in [0.15, 0.2) is 0 Å². The van der Waals surface area contributed by atoms with Gasteiger partial charge in [-0.25, -0.2) is 13.4 Å². The molecule has 0 saturated carbocycles. The third-order valence-corrected chi connectivity index (χ3v) is 5.49. The van der Waals surface area contributed by atoms with Crippen LogP contribution in [0.2, 0.25) is 0 Å². The first-order valence-corrected chi connectivity index (χ1v) is 10.1. The lowest BCUT2D eigenvalue weighted by Gasteiger charge is -2.22. The lowest BCUT2D eigenvalue weighted by Crippen LogP contribution is -2.47. The van der Waals surface area contributed by atoms with E-state index in [1.807, 2.05) is 25.9 Å². The van der Waals surface area contributed by atoms with E-state index in [1.54, 1.807) is 44.3 Å². The summed E-state index contributed by atoms with van der Waals surface area (Å²) in [6.07, 6.45) is 1.54. The summed E-state index contributed by atoms with van der Waals surface area (Å²) in [5.74, 6) is 0.0906. The Morgan fingerprint density at radius 2 is 1.70 bits per heavy atom. The van der Waals surface area contributed by atoms with Gasteiger partial charge < -0.3 is 10.2 Å². The number of rotatable bonds is 7. The molecule has 1 atom stereocenters. The summed E-state index contributed by atoms with van der Waals surface area (Å²) in [6.45, 7) is 5.45. The number of aryl methyl sites for hydroxylation is 1. The number of benzene rings is 1. The smallest absolute Gasteiger partial charge is 0.242 e. The molecule has 1 heterocycles. The molecule has 8 heteroatoms. The highest BCUT2D eigenvalue weighted by atomic mass is 32.2. The first-order chi connectivity index (χ1) is 12.6. The quantitative estimate of drug-likeness (QED) is 0.757. The normalized spacial score (nSPS) is 12.7. The van der Waals surface area contributed by atoms with Gasteiger partial charge in [0, 0.05) is 14.1 Å². The number of hydrogen-bond donors (Lipinski definition) is 2. The number of sulfonamides is 1. The van der Waals surface area contributed by atoms with Gasteiger partial charge in [0.05, 0.1) is 16.8 Å². The van der Waals surface area contributed by atoms with Crippen LogP contribution < -0.4 is 14.9 Å². The fourth-order valence-corrected chi connectivity index (χ4v) is 3.73. The third-order valence-electron chi connectivity index (χ3n) is 4.04. The number of hydrogen-bond acceptors (Lipinski definition) is 5. The van der Waals surface area contributed by atoms with Crippen LogP contribution in [0.25, 0.3) is 0 Å². The molecule has 0 saturated heterocycles. The first-order valence-electron chi connectivity index (χ1n) is 8.63. The van der Waals surface area contributed by atoms with Crippen LogP contribution in [0.1, 0.15) is 19.4 Å². The van der Waals surface area contributed by atoms with Gasteiger partial charge in [-0.05, 0) is 37.1 Å². The SMILES string of the molecule is Cc1ccc(S(=O)(=O)NC(C(=O)Nc2ccc(N(C)C)nc2)C(C)C)cc1. The van der Waals surface area contributed by atoms with E-state index in [-0.39, 0.29) is 10.8 Å². The van der Waals surface area contributed by atoms with Crippen molar-refractivity contribution in [1.29, 1.82) is 0 Å². The molecule has 0 aliphatic heterocycles. The van der Waals surface area contributed by atoms with Crippen molar-refractivity contribution in [2.45, 2.75) is 31.7 Å². The van der Waals surface area contributed by atoms with E-state index in [9.17, 15) is 13.2 Å². The highest BCUT2D eigenvalue weighted by Gasteiger charge is 2.28. The van der Waals surface area contributed by atoms with Gasteiger partial charge in [-0.3, -0.25) is 4.79 Å². The average molecular weight is 391 g/mol. The molecule has 0 radical (unpaired) electrons. The molecule has 0 bridgehead atoms. The van der Waals surface area contributed by atoms with Crippen molar-refractivity contribution < 1.29 is 13.2 Å². The number of carbonyl (C=O) groups is 1. The summed E-state index contributed by atoms with van der Waals surface area (Å²) in [5, 5.41) is 2.73. The Morgan fingerprint density at radius 1 is 1.07 bits per heavy atom. The molecule has 0 spiro atoms. The molecule has 0 fully saturated rings. The minimum absolute atomic E-state index is 0.128. The number of nitrogens with one attached hydrogen (secondary N) is 2. The Labute approximate surface area is 160 Å². The molecule has 1 aromatic heterocycles. The van der Waals surface area contributed by atoms with Crippen LogP contribution in [0, 0.1) is 12.8 Å². The molecule has 0 aliphatic rings. The number of carbonyl (C=O) groups excluding carboxylic acids is 1. The maximum atomic E-state index is 12.7. The topological polar surface area (TPSA) is 91.4 Å². The van der Waals surface area contributed by atoms with Crippen LogP contribution in [-0.4, -0.2) is 39.4 Å². The van der Waals surface area contributed by atoms with Crippen LogP contribution in [0.5, 0.6) is 0 Å². The number of nitrogens with zero attached hydrogens (tertiary/aromatic N) is 2. The zero-order valence-corrected chi connectivity index (χ0v) is 17.0. The largest absolute Gasteiger partial charge is 0.363 e. The number of anilines is 2. The second kappa shape index (κ2) is 8.49. The van der Waals surface area contributed by atoms with Gasteiger partial charge in [0.1, 0.15) is 11.9 Å². The van der Waals surface area contributed by atoms with Crippen molar-refractivity contribution in [3.8, 4) is 0 Å². The highest BCUT2D eigenvalue weighted by Crippen LogP contribution is 2.16. The van der Waals surface area contributed by atoms with Gasteiger partial charge in [0.2, 0.25) is 15.9 Å². The van der Waals surface area contributed by atoms with Gasteiger partial charge in [-0.15, -0.1) is 0 Å². The molecule has 7 nitrogen and oxygen atoms in total. The van der Waals surface area contributed by atoms with Crippen molar-refractivity contribution in [2.24, 2.45) is 5.92 Å². The molecule has 1 aromatic carbocycles. The predicted molar refractivity (Wildman–Crippen MR) is 107 cm³/mol. The molecular formula is C19H26N4O3S. The van der Waals surface area contributed by atoms with Crippen LogP contribution >= 0.6 is 0 Å². The van der Waals surface area contributed by atoms with E-state index >= 15 is 0 Å². The van der Waals surface area contributed by atoms with Crippen LogP contribution in [-0.2, 0) is 14.8 Å². The Balaban J connectivity index is 2.16. The van der Waals surface area contributed by atoms with E-state index in [1.165, 1.54) is 12.1 Å². The van der Waals surface area contributed by atoms with Crippen molar-refractivity contribution >= 4 is 27.4 Å². The lowest BCUT2D eigenvalue weighted by atomic mass is 10.1. The van der Waals surface area contributed by atoms with E-state index in [2.05, 4.69) is 15.0 Å². The summed E-state index contributed by atoms with van der Waals surface area (Å²) < 4.78 is 27.8. The molecule has 2 aromatic rings. The highest BCUT2D eigenvalue weighted by molar-refractivity contribution is 7.89. The van der Waals surface area contributed by atoms with Gasteiger partial charge in [-0.2, -0.15) is 4.72 Å². The van der Waals surface area contributed by atoms with Gasteiger partial charge >= 0.3 is 0 Å². The van der Waals surface area contributed by atoms with E-state index < -0.39 is 22.0 Å². The average Bonchev–Trinajstić information content (AvgIpc) is 2.60. The van der Waals surface area contributed by atoms with Crippen LogP contribution in [0.15, 0.2) is 47.5 Å². The molecule has 1 amide bonds. The Hall–Kier alpha value is -2.45. The first kappa shape index (κ1) is 20.9. The second-order valence-corrected chi connectivity index (χ2v) is 8.66. The van der Waals surface area contributed by atoms with Crippen molar-refractivity contribution in [2.75, 3.05) is 24.3 Å². The summed E-state index contributed by atoms with van der Waals surface area (Å²) in [4.78, 5) is 18.9. The zero-order chi connectivity index (χ0) is 20.2. The maximum Gasteiger partial charge on any atom is 0.242 e. The lowest BCUT2D eigenvalue weighted by molar-refractivity contribution is -0.118. The monoisotopic (exact) mass is 390 g/mol. The predicted octanol–water partition coefficient (Wildman–Crippen LogP) is 2.40. The standard InChI is InChI=1S/C19H26N4O3S/c1-13(2)18(22-27(25,26)16-9-6-14(3)7-10-16)19(24)21-15-8-11-17(20-12-15)23(4)5/h6-13,18,22H,1-5H3,(H,21,24). The van der Waals surface area contributed by atoms with Crippen molar-refractivity contribution in [1.82, 2.24) is 9.71 Å². The van der Waals surface area contributed by atoms with E-state index in [0.717, 1.165) is 11.4 Å². The Bertz CT molecular complexity index is 876. The number of aromatic nitrogens is 1. The van der Waals surface area contributed by atoms with Crippen LogP contribution in [0.4, 0.5) is 11.5 Å². The minimum Gasteiger partial charge on any atom is -0.363 e.